The smallest absolute Gasteiger partial charge is 0.314 e. The Hall–Kier alpha value is -0.540. The third-order valence-corrected chi connectivity index (χ3v) is 5.35. The van der Waals surface area contributed by atoms with Gasteiger partial charge in [-0.25, -0.2) is 13.1 Å². The average Bonchev–Trinajstić information content (AvgIpc) is 2.36. The van der Waals surface area contributed by atoms with E-state index in [2.05, 4.69) is 10.0 Å². The molecule has 10 heteroatoms. The van der Waals surface area contributed by atoms with E-state index in [0.717, 1.165) is 12.1 Å². The van der Waals surface area contributed by atoms with Crippen LogP contribution in [0.3, 0.4) is 0 Å². The SMILES string of the molecule is CC1CC(NS(=O)(=O)c2ccc(Cl)c(C(F)(F)F)c2)CCN1.Cl. The molecule has 0 spiro atoms. The summed E-state index contributed by atoms with van der Waals surface area (Å²) in [7, 11) is -4.02. The monoisotopic (exact) mass is 392 g/mol. The summed E-state index contributed by atoms with van der Waals surface area (Å²) in [4.78, 5) is -0.435. The molecule has 0 saturated carbocycles. The Bertz CT molecular complexity index is 653. The minimum atomic E-state index is -4.70. The molecule has 1 aliphatic heterocycles. The molecule has 2 N–H and O–H groups in total. The van der Waals surface area contributed by atoms with Gasteiger partial charge in [0.15, 0.2) is 0 Å². The molecular formula is C13H17Cl2F3N2O2S. The van der Waals surface area contributed by atoms with Crippen LogP contribution in [0.1, 0.15) is 25.3 Å². The third kappa shape index (κ3) is 5.22. The summed E-state index contributed by atoms with van der Waals surface area (Å²) in [5.41, 5.74) is -1.16. The molecule has 1 saturated heterocycles. The van der Waals surface area contributed by atoms with E-state index in [1.807, 2.05) is 6.92 Å². The van der Waals surface area contributed by atoms with Crippen molar-refractivity contribution < 1.29 is 21.6 Å². The highest BCUT2D eigenvalue weighted by atomic mass is 35.5. The van der Waals surface area contributed by atoms with Crippen LogP contribution in [-0.2, 0) is 16.2 Å². The van der Waals surface area contributed by atoms with Crippen molar-refractivity contribution in [2.75, 3.05) is 6.54 Å². The molecule has 1 aromatic carbocycles. The average molecular weight is 393 g/mol. The standard InChI is InChI=1S/C13H16ClF3N2O2S.ClH/c1-8-6-9(4-5-18-8)19-22(20,21)10-2-3-12(14)11(7-10)13(15,16)17;/h2-3,7-9,18-19H,4-6H2,1H3;1H. The number of benzene rings is 1. The predicted octanol–water partition coefficient (Wildman–Crippen LogP) is 3.20. The normalized spacial score (nSPS) is 22.5. The first-order valence-corrected chi connectivity index (χ1v) is 8.58. The van der Waals surface area contributed by atoms with Crippen LogP contribution >= 0.6 is 24.0 Å². The fourth-order valence-corrected chi connectivity index (χ4v) is 3.95. The van der Waals surface area contributed by atoms with Crippen LogP contribution in [0.15, 0.2) is 23.1 Å². The van der Waals surface area contributed by atoms with E-state index < -0.39 is 31.7 Å². The topological polar surface area (TPSA) is 58.2 Å². The van der Waals surface area contributed by atoms with Crippen molar-refractivity contribution in [2.45, 2.75) is 42.9 Å². The Balaban J connectivity index is 0.00000264. The van der Waals surface area contributed by atoms with Crippen molar-refractivity contribution in [3.63, 3.8) is 0 Å². The van der Waals surface area contributed by atoms with Crippen molar-refractivity contribution >= 4 is 34.0 Å². The molecule has 0 aliphatic carbocycles. The van der Waals surface area contributed by atoms with Crippen LogP contribution < -0.4 is 10.0 Å². The predicted molar refractivity (Wildman–Crippen MR) is 84.5 cm³/mol. The largest absolute Gasteiger partial charge is 0.417 e. The number of alkyl halides is 3. The van der Waals surface area contributed by atoms with E-state index in [1.165, 1.54) is 0 Å². The van der Waals surface area contributed by atoms with Gasteiger partial charge >= 0.3 is 6.18 Å². The van der Waals surface area contributed by atoms with Crippen LogP contribution in [0.5, 0.6) is 0 Å². The van der Waals surface area contributed by atoms with Gasteiger partial charge in [0.25, 0.3) is 0 Å². The van der Waals surface area contributed by atoms with Crippen LogP contribution in [0.25, 0.3) is 0 Å². The summed E-state index contributed by atoms with van der Waals surface area (Å²) in [6.45, 7) is 2.58. The van der Waals surface area contributed by atoms with Gasteiger partial charge in [0.1, 0.15) is 0 Å². The highest BCUT2D eigenvalue weighted by Crippen LogP contribution is 2.36. The van der Waals surface area contributed by atoms with Crippen LogP contribution in [0, 0.1) is 0 Å². The van der Waals surface area contributed by atoms with Gasteiger partial charge in [-0.15, -0.1) is 12.4 Å². The number of piperidine rings is 1. The van der Waals surface area contributed by atoms with E-state index in [4.69, 9.17) is 11.6 Å². The Labute approximate surface area is 144 Å². The molecule has 0 amide bonds. The molecule has 0 bridgehead atoms. The van der Waals surface area contributed by atoms with Crippen molar-refractivity contribution in [3.05, 3.63) is 28.8 Å². The van der Waals surface area contributed by atoms with Gasteiger partial charge in [-0.3, -0.25) is 0 Å². The van der Waals surface area contributed by atoms with Crippen molar-refractivity contribution in [1.29, 1.82) is 0 Å². The van der Waals surface area contributed by atoms with Gasteiger partial charge in [0.05, 0.1) is 15.5 Å². The Morgan fingerprint density at radius 1 is 1.35 bits per heavy atom. The number of nitrogens with one attached hydrogen (secondary N) is 2. The number of hydrogen-bond acceptors (Lipinski definition) is 3. The van der Waals surface area contributed by atoms with Crippen molar-refractivity contribution in [2.24, 2.45) is 0 Å². The lowest BCUT2D eigenvalue weighted by Gasteiger charge is -2.28. The van der Waals surface area contributed by atoms with Gasteiger partial charge in [0, 0.05) is 12.1 Å². The zero-order chi connectivity index (χ0) is 16.5. The molecule has 1 aliphatic rings. The lowest BCUT2D eigenvalue weighted by Crippen LogP contribution is -2.46. The minimum Gasteiger partial charge on any atom is -0.314 e. The molecule has 2 unspecified atom stereocenters. The molecule has 1 aromatic rings. The number of rotatable bonds is 3. The zero-order valence-electron chi connectivity index (χ0n) is 12.2. The summed E-state index contributed by atoms with van der Waals surface area (Å²) in [6.07, 6.45) is -3.53. The van der Waals surface area contributed by atoms with E-state index in [-0.39, 0.29) is 24.5 Å². The van der Waals surface area contributed by atoms with Gasteiger partial charge < -0.3 is 5.32 Å². The van der Waals surface area contributed by atoms with E-state index >= 15 is 0 Å². The van der Waals surface area contributed by atoms with Gasteiger partial charge in [-0.2, -0.15) is 13.2 Å². The van der Waals surface area contributed by atoms with E-state index in [1.54, 1.807) is 0 Å². The number of hydrogen-bond donors (Lipinski definition) is 2. The molecule has 2 atom stereocenters. The fraction of sp³-hybridized carbons (Fsp3) is 0.538. The first kappa shape index (κ1) is 20.5. The third-order valence-electron chi connectivity index (χ3n) is 3.50. The van der Waals surface area contributed by atoms with Crippen molar-refractivity contribution in [1.82, 2.24) is 10.0 Å². The summed E-state index contributed by atoms with van der Waals surface area (Å²) in [5, 5.41) is 2.65. The Morgan fingerprint density at radius 2 is 2.00 bits per heavy atom. The molecular weight excluding hydrogens is 376 g/mol. The molecule has 2 rings (SSSR count). The maximum Gasteiger partial charge on any atom is 0.417 e. The maximum absolute atomic E-state index is 12.8. The summed E-state index contributed by atoms with van der Waals surface area (Å²) in [5.74, 6) is 0. The number of sulfonamides is 1. The molecule has 0 aromatic heterocycles. The second-order valence-electron chi connectivity index (χ2n) is 5.34. The Kier molecular flexibility index (Phi) is 6.74. The Morgan fingerprint density at radius 3 is 2.57 bits per heavy atom. The highest BCUT2D eigenvalue weighted by Gasteiger charge is 2.35. The van der Waals surface area contributed by atoms with Gasteiger partial charge in [-0.05, 0) is 44.5 Å². The molecule has 1 fully saturated rings. The summed E-state index contributed by atoms with van der Waals surface area (Å²) >= 11 is 5.50. The second-order valence-corrected chi connectivity index (χ2v) is 7.46. The quantitative estimate of drug-likeness (QED) is 0.830. The summed E-state index contributed by atoms with van der Waals surface area (Å²) in [6, 6.07) is 2.44. The van der Waals surface area contributed by atoms with Crippen LogP contribution in [-0.4, -0.2) is 27.0 Å². The molecule has 1 heterocycles. The molecule has 132 valence electrons. The molecule has 23 heavy (non-hydrogen) atoms. The first-order valence-electron chi connectivity index (χ1n) is 6.72. The van der Waals surface area contributed by atoms with Crippen LogP contribution in [0.4, 0.5) is 13.2 Å². The van der Waals surface area contributed by atoms with Gasteiger partial charge in [-0.1, -0.05) is 11.6 Å². The number of halogens is 5. The van der Waals surface area contributed by atoms with Gasteiger partial charge in [0.2, 0.25) is 10.0 Å². The molecule has 0 radical (unpaired) electrons. The fourth-order valence-electron chi connectivity index (χ4n) is 2.42. The van der Waals surface area contributed by atoms with Crippen molar-refractivity contribution in [3.8, 4) is 0 Å². The summed E-state index contributed by atoms with van der Waals surface area (Å²) < 4.78 is 65.4. The lowest BCUT2D eigenvalue weighted by atomic mass is 10.0. The van der Waals surface area contributed by atoms with E-state index in [0.29, 0.717) is 25.5 Å². The highest BCUT2D eigenvalue weighted by molar-refractivity contribution is 7.89. The maximum atomic E-state index is 12.8. The van der Waals surface area contributed by atoms with E-state index in [9.17, 15) is 21.6 Å². The van der Waals surface area contributed by atoms with Crippen LogP contribution in [0.2, 0.25) is 5.02 Å². The minimum absolute atomic E-state index is 0. The lowest BCUT2D eigenvalue weighted by molar-refractivity contribution is -0.137. The second kappa shape index (κ2) is 7.57. The zero-order valence-corrected chi connectivity index (χ0v) is 14.5. The molecule has 4 nitrogen and oxygen atoms in total. The first-order chi connectivity index (χ1) is 10.1.